The van der Waals surface area contributed by atoms with Crippen molar-refractivity contribution in [3.63, 3.8) is 0 Å². The van der Waals surface area contributed by atoms with Crippen molar-refractivity contribution < 1.29 is 9.90 Å². The Morgan fingerprint density at radius 2 is 2.11 bits per heavy atom. The number of nitrogens with zero attached hydrogens (tertiary/aromatic N) is 1. The standard InChI is InChI=1S/C12H16Cl2N2O2/c1-7(17)3-4-16(2)12(18)9-5-8(15)6-10(13)11(9)14/h5-7,17H,3-4,15H2,1-2H3. The first-order chi connectivity index (χ1) is 8.32. The number of nitrogens with two attached hydrogens (primary N) is 1. The van der Waals surface area contributed by atoms with Gasteiger partial charge in [0, 0.05) is 19.3 Å². The number of carbonyl (C=O) groups is 1. The van der Waals surface area contributed by atoms with E-state index in [1.807, 2.05) is 0 Å². The lowest BCUT2D eigenvalue weighted by Crippen LogP contribution is -2.29. The minimum Gasteiger partial charge on any atom is -0.399 e. The molecule has 0 fully saturated rings. The number of hydrogen-bond donors (Lipinski definition) is 2. The summed E-state index contributed by atoms with van der Waals surface area (Å²) in [4.78, 5) is 13.6. The molecular weight excluding hydrogens is 275 g/mol. The number of rotatable bonds is 4. The lowest BCUT2D eigenvalue weighted by Gasteiger charge is -2.19. The summed E-state index contributed by atoms with van der Waals surface area (Å²) in [5, 5.41) is 9.64. The van der Waals surface area contributed by atoms with Gasteiger partial charge in [-0.2, -0.15) is 0 Å². The van der Waals surface area contributed by atoms with Gasteiger partial charge >= 0.3 is 0 Å². The van der Waals surface area contributed by atoms with E-state index in [9.17, 15) is 9.90 Å². The monoisotopic (exact) mass is 290 g/mol. The summed E-state index contributed by atoms with van der Waals surface area (Å²) in [7, 11) is 1.64. The first kappa shape index (κ1) is 15.1. The van der Waals surface area contributed by atoms with Crippen molar-refractivity contribution >= 4 is 34.8 Å². The van der Waals surface area contributed by atoms with Gasteiger partial charge in [-0.05, 0) is 25.5 Å². The molecule has 1 aromatic carbocycles. The third-order valence-corrected chi connectivity index (χ3v) is 3.31. The molecule has 1 unspecified atom stereocenters. The summed E-state index contributed by atoms with van der Waals surface area (Å²) in [6.45, 7) is 2.10. The lowest BCUT2D eigenvalue weighted by molar-refractivity contribution is 0.0769. The van der Waals surface area contributed by atoms with Crippen molar-refractivity contribution in [3.05, 3.63) is 27.7 Å². The van der Waals surface area contributed by atoms with Crippen LogP contribution in [-0.2, 0) is 0 Å². The Balaban J connectivity index is 2.90. The predicted octanol–water partition coefficient (Wildman–Crippen LogP) is 2.42. The van der Waals surface area contributed by atoms with Gasteiger partial charge < -0.3 is 15.7 Å². The van der Waals surface area contributed by atoms with E-state index in [-0.39, 0.29) is 21.5 Å². The molecule has 1 atom stereocenters. The molecular formula is C12H16Cl2N2O2. The molecule has 0 radical (unpaired) electrons. The van der Waals surface area contributed by atoms with Crippen molar-refractivity contribution in [3.8, 4) is 0 Å². The molecule has 0 heterocycles. The van der Waals surface area contributed by atoms with Crippen LogP contribution in [-0.4, -0.2) is 35.6 Å². The van der Waals surface area contributed by atoms with Crippen LogP contribution in [0.25, 0.3) is 0 Å². The number of anilines is 1. The maximum atomic E-state index is 12.1. The number of aliphatic hydroxyl groups excluding tert-OH is 1. The van der Waals surface area contributed by atoms with Crippen LogP contribution < -0.4 is 5.73 Å². The van der Waals surface area contributed by atoms with Gasteiger partial charge in [-0.1, -0.05) is 23.2 Å². The Hall–Kier alpha value is -0.970. The molecule has 0 aliphatic carbocycles. The van der Waals surface area contributed by atoms with Crippen molar-refractivity contribution in [1.82, 2.24) is 4.90 Å². The fraction of sp³-hybridized carbons (Fsp3) is 0.417. The maximum Gasteiger partial charge on any atom is 0.255 e. The van der Waals surface area contributed by atoms with Crippen LogP contribution in [0.3, 0.4) is 0 Å². The van der Waals surface area contributed by atoms with E-state index in [0.29, 0.717) is 18.7 Å². The molecule has 0 aliphatic heterocycles. The highest BCUT2D eigenvalue weighted by Crippen LogP contribution is 2.29. The number of hydrogen-bond acceptors (Lipinski definition) is 3. The summed E-state index contributed by atoms with van der Waals surface area (Å²) in [6, 6.07) is 2.99. The largest absolute Gasteiger partial charge is 0.399 e. The number of aliphatic hydroxyl groups is 1. The van der Waals surface area contributed by atoms with E-state index < -0.39 is 6.10 Å². The second-order valence-electron chi connectivity index (χ2n) is 4.23. The fourth-order valence-corrected chi connectivity index (χ4v) is 1.87. The van der Waals surface area contributed by atoms with Crippen LogP contribution in [0, 0.1) is 0 Å². The predicted molar refractivity (Wildman–Crippen MR) is 74.1 cm³/mol. The molecule has 6 heteroatoms. The second kappa shape index (κ2) is 6.27. The summed E-state index contributed by atoms with van der Waals surface area (Å²) in [5.74, 6) is -0.269. The zero-order valence-electron chi connectivity index (χ0n) is 10.3. The number of amides is 1. The summed E-state index contributed by atoms with van der Waals surface area (Å²) >= 11 is 11.9. The summed E-state index contributed by atoms with van der Waals surface area (Å²) in [5.41, 5.74) is 6.29. The van der Waals surface area contributed by atoms with Crippen LogP contribution in [0.1, 0.15) is 23.7 Å². The number of halogens is 2. The normalized spacial score (nSPS) is 12.3. The molecule has 18 heavy (non-hydrogen) atoms. The van der Waals surface area contributed by atoms with E-state index in [1.165, 1.54) is 17.0 Å². The average Bonchev–Trinajstić information content (AvgIpc) is 2.29. The van der Waals surface area contributed by atoms with E-state index in [2.05, 4.69) is 0 Å². The Kier molecular flexibility index (Phi) is 5.26. The van der Waals surface area contributed by atoms with Crippen molar-refractivity contribution in [1.29, 1.82) is 0 Å². The van der Waals surface area contributed by atoms with Gasteiger partial charge in [0.1, 0.15) is 0 Å². The van der Waals surface area contributed by atoms with Crippen molar-refractivity contribution in [2.45, 2.75) is 19.4 Å². The van der Waals surface area contributed by atoms with Gasteiger partial charge in [0.25, 0.3) is 5.91 Å². The quantitative estimate of drug-likeness (QED) is 0.837. The zero-order chi connectivity index (χ0) is 13.9. The molecule has 3 N–H and O–H groups in total. The molecule has 100 valence electrons. The van der Waals surface area contributed by atoms with Crippen molar-refractivity contribution in [2.24, 2.45) is 0 Å². The van der Waals surface area contributed by atoms with Gasteiger partial charge in [0.05, 0.1) is 21.7 Å². The molecule has 0 saturated heterocycles. The Bertz CT molecular complexity index is 450. The highest BCUT2D eigenvalue weighted by atomic mass is 35.5. The highest BCUT2D eigenvalue weighted by Gasteiger charge is 2.18. The van der Waals surface area contributed by atoms with Crippen LogP contribution in [0.4, 0.5) is 5.69 Å². The minimum absolute atomic E-state index is 0.194. The number of nitrogen functional groups attached to an aromatic ring is 1. The van der Waals surface area contributed by atoms with E-state index >= 15 is 0 Å². The maximum absolute atomic E-state index is 12.1. The van der Waals surface area contributed by atoms with Gasteiger partial charge in [0.2, 0.25) is 0 Å². The van der Waals surface area contributed by atoms with Gasteiger partial charge in [0.15, 0.2) is 0 Å². The highest BCUT2D eigenvalue weighted by molar-refractivity contribution is 6.44. The molecule has 0 spiro atoms. The van der Waals surface area contributed by atoms with E-state index in [1.54, 1.807) is 14.0 Å². The Morgan fingerprint density at radius 1 is 1.50 bits per heavy atom. The second-order valence-corrected chi connectivity index (χ2v) is 5.01. The minimum atomic E-state index is -0.458. The first-order valence-corrected chi connectivity index (χ1v) is 6.26. The molecule has 4 nitrogen and oxygen atoms in total. The Labute approximate surface area is 116 Å². The summed E-state index contributed by atoms with van der Waals surface area (Å²) < 4.78 is 0. The van der Waals surface area contributed by atoms with Gasteiger partial charge in [-0.15, -0.1) is 0 Å². The molecule has 1 aromatic rings. The SMILES string of the molecule is CC(O)CCN(C)C(=O)c1cc(N)cc(Cl)c1Cl. The third-order valence-electron chi connectivity index (χ3n) is 2.51. The number of benzene rings is 1. The van der Waals surface area contributed by atoms with E-state index in [0.717, 1.165) is 0 Å². The summed E-state index contributed by atoms with van der Waals surface area (Å²) in [6.07, 6.45) is 0.0377. The number of carbonyl (C=O) groups excluding carboxylic acids is 1. The smallest absolute Gasteiger partial charge is 0.255 e. The first-order valence-electron chi connectivity index (χ1n) is 5.51. The van der Waals surface area contributed by atoms with Crippen LogP contribution in [0.5, 0.6) is 0 Å². The molecule has 1 rings (SSSR count). The Morgan fingerprint density at radius 3 is 2.67 bits per heavy atom. The fourth-order valence-electron chi connectivity index (χ4n) is 1.45. The third kappa shape index (κ3) is 3.77. The van der Waals surface area contributed by atoms with Crippen LogP contribution in [0.2, 0.25) is 10.0 Å². The zero-order valence-corrected chi connectivity index (χ0v) is 11.8. The van der Waals surface area contributed by atoms with Gasteiger partial charge in [-0.25, -0.2) is 0 Å². The molecule has 0 aliphatic rings. The lowest BCUT2D eigenvalue weighted by atomic mass is 10.1. The average molecular weight is 291 g/mol. The molecule has 1 amide bonds. The van der Waals surface area contributed by atoms with Gasteiger partial charge in [-0.3, -0.25) is 4.79 Å². The van der Waals surface area contributed by atoms with Crippen LogP contribution >= 0.6 is 23.2 Å². The van der Waals surface area contributed by atoms with Crippen molar-refractivity contribution in [2.75, 3.05) is 19.3 Å². The molecule has 0 aromatic heterocycles. The molecule has 0 bridgehead atoms. The van der Waals surface area contributed by atoms with E-state index in [4.69, 9.17) is 28.9 Å². The molecule has 0 saturated carbocycles. The topological polar surface area (TPSA) is 66.6 Å². The van der Waals surface area contributed by atoms with Crippen LogP contribution in [0.15, 0.2) is 12.1 Å².